The molecular weight excluding hydrogens is 261 g/mol. The molecule has 0 aromatic rings. The fraction of sp³-hybridized carbons (Fsp3) is 0.333. The predicted octanol–water partition coefficient (Wildman–Crippen LogP) is 5.31. The van der Waals surface area contributed by atoms with Crippen molar-refractivity contribution in [1.82, 2.24) is 0 Å². The SMILES string of the molecule is CC1=[C]([Sc]([C]2=C(C)C=CC2)[C]2=C(C)C=CC2)CC=C1. The molecule has 3 rings (SSSR count). The first-order valence-corrected chi connectivity index (χ1v) is 9.97. The summed E-state index contributed by atoms with van der Waals surface area (Å²) < 4.78 is 5.43. The average Bonchev–Trinajstić information content (AvgIpc) is 3.07. The Bertz CT molecular complexity index is 506. The van der Waals surface area contributed by atoms with Gasteiger partial charge in [-0.1, -0.05) is 0 Å². The Morgan fingerprint density at radius 3 is 1.16 bits per heavy atom. The van der Waals surface area contributed by atoms with Crippen LogP contribution in [0.5, 0.6) is 0 Å². The molecular formula is C18H21Sc. The first-order valence-electron chi connectivity index (χ1n) is 7.27. The van der Waals surface area contributed by atoms with E-state index < -0.39 is 21.4 Å². The summed E-state index contributed by atoms with van der Waals surface area (Å²) in [6.45, 7) is 6.94. The van der Waals surface area contributed by atoms with Gasteiger partial charge in [-0.25, -0.2) is 0 Å². The second kappa shape index (κ2) is 5.36. The maximum atomic E-state index is 2.36. The molecule has 0 fully saturated rings. The van der Waals surface area contributed by atoms with Crippen LogP contribution >= 0.6 is 0 Å². The van der Waals surface area contributed by atoms with Crippen molar-refractivity contribution in [2.75, 3.05) is 0 Å². The normalized spacial score (nSPS) is 21.6. The van der Waals surface area contributed by atoms with Gasteiger partial charge < -0.3 is 0 Å². The van der Waals surface area contributed by atoms with Gasteiger partial charge in [0, 0.05) is 0 Å². The van der Waals surface area contributed by atoms with Gasteiger partial charge in [-0.3, -0.25) is 0 Å². The van der Waals surface area contributed by atoms with Crippen LogP contribution in [0.25, 0.3) is 0 Å². The third-order valence-electron chi connectivity index (χ3n) is 4.68. The molecule has 0 bridgehead atoms. The van der Waals surface area contributed by atoms with Gasteiger partial charge in [0.15, 0.2) is 0 Å². The minimum atomic E-state index is -1.69. The van der Waals surface area contributed by atoms with Crippen molar-refractivity contribution in [2.24, 2.45) is 0 Å². The van der Waals surface area contributed by atoms with Gasteiger partial charge in [-0.05, 0) is 0 Å². The van der Waals surface area contributed by atoms with Gasteiger partial charge >= 0.3 is 125 Å². The summed E-state index contributed by atoms with van der Waals surface area (Å²) in [6.07, 6.45) is 17.7. The maximum absolute atomic E-state index is 2.36. The molecule has 0 aromatic carbocycles. The molecule has 0 aromatic heterocycles. The molecule has 0 N–H and O–H groups in total. The summed E-state index contributed by atoms with van der Waals surface area (Å²) in [7, 11) is 0. The van der Waals surface area contributed by atoms with Crippen LogP contribution in [0.15, 0.2) is 63.2 Å². The zero-order valence-corrected chi connectivity index (χ0v) is 14.0. The molecule has 0 nitrogen and oxygen atoms in total. The fourth-order valence-corrected chi connectivity index (χ4v) is 9.86. The molecule has 96 valence electrons. The molecule has 0 amide bonds. The first-order chi connectivity index (χ1) is 9.18. The molecule has 0 spiro atoms. The Morgan fingerprint density at radius 1 is 0.632 bits per heavy atom. The monoisotopic (exact) mass is 282 g/mol. The Kier molecular flexibility index (Phi) is 3.75. The van der Waals surface area contributed by atoms with E-state index in [2.05, 4.69) is 57.2 Å². The third-order valence-corrected chi connectivity index (χ3v) is 11.2. The van der Waals surface area contributed by atoms with Crippen molar-refractivity contribution in [3.63, 3.8) is 0 Å². The first kappa shape index (κ1) is 13.3. The molecule has 3 aliphatic carbocycles. The summed E-state index contributed by atoms with van der Waals surface area (Å²) in [5.74, 6) is 0. The van der Waals surface area contributed by atoms with Gasteiger partial charge in [-0.2, -0.15) is 0 Å². The number of hydrogen-bond donors (Lipinski definition) is 0. The van der Waals surface area contributed by atoms with E-state index in [1.807, 2.05) is 9.99 Å². The quantitative estimate of drug-likeness (QED) is 0.658. The van der Waals surface area contributed by atoms with E-state index in [9.17, 15) is 0 Å². The second-order valence-corrected chi connectivity index (χ2v) is 10.5. The number of hydrogen-bond acceptors (Lipinski definition) is 0. The van der Waals surface area contributed by atoms with Gasteiger partial charge in [-0.15, -0.1) is 0 Å². The van der Waals surface area contributed by atoms with Crippen LogP contribution < -0.4 is 0 Å². The van der Waals surface area contributed by atoms with Gasteiger partial charge in [0.25, 0.3) is 0 Å². The molecule has 0 unspecified atom stereocenters. The van der Waals surface area contributed by atoms with Crippen LogP contribution in [-0.2, 0) is 21.4 Å². The molecule has 0 aliphatic heterocycles. The van der Waals surface area contributed by atoms with Crippen LogP contribution in [0, 0.1) is 0 Å². The molecule has 1 heteroatoms. The third kappa shape index (κ3) is 2.38. The van der Waals surface area contributed by atoms with Crippen LogP contribution in [0.4, 0.5) is 0 Å². The van der Waals surface area contributed by atoms with Crippen LogP contribution in [-0.4, -0.2) is 0 Å². The van der Waals surface area contributed by atoms with Gasteiger partial charge in [0.1, 0.15) is 0 Å². The van der Waals surface area contributed by atoms with Crippen LogP contribution in [0.3, 0.4) is 0 Å². The molecule has 0 atom stereocenters. The summed E-state index contributed by atoms with van der Waals surface area (Å²) in [5.41, 5.74) is 4.68. The van der Waals surface area contributed by atoms with Gasteiger partial charge in [0.2, 0.25) is 0 Å². The van der Waals surface area contributed by atoms with Crippen LogP contribution in [0.1, 0.15) is 40.0 Å². The van der Waals surface area contributed by atoms with E-state index >= 15 is 0 Å². The number of rotatable bonds is 3. The zero-order valence-electron chi connectivity index (χ0n) is 12.2. The predicted molar refractivity (Wildman–Crippen MR) is 79.4 cm³/mol. The van der Waals surface area contributed by atoms with Crippen molar-refractivity contribution >= 4 is 0 Å². The summed E-state index contributed by atoms with van der Waals surface area (Å²) in [4.78, 5) is 0. The average molecular weight is 282 g/mol. The Hall–Kier alpha value is -0.690. The van der Waals surface area contributed by atoms with Crippen molar-refractivity contribution in [3.8, 4) is 0 Å². The van der Waals surface area contributed by atoms with E-state index in [4.69, 9.17) is 0 Å². The topological polar surface area (TPSA) is 0 Å². The van der Waals surface area contributed by atoms with Crippen molar-refractivity contribution < 1.29 is 21.4 Å². The van der Waals surface area contributed by atoms with Crippen molar-refractivity contribution in [2.45, 2.75) is 40.0 Å². The summed E-state index contributed by atoms with van der Waals surface area (Å²) in [5, 5.41) is 0. The van der Waals surface area contributed by atoms with E-state index in [1.54, 1.807) is 16.7 Å². The molecule has 0 heterocycles. The standard InChI is InChI=1S/3C6H7.Sc/c3*1-6-4-2-3-5-6;/h3*2,4H,3H2,1H3;. The summed E-state index contributed by atoms with van der Waals surface area (Å²) >= 11 is -1.69. The zero-order chi connectivity index (χ0) is 13.4. The van der Waals surface area contributed by atoms with Gasteiger partial charge in [0.05, 0.1) is 0 Å². The van der Waals surface area contributed by atoms with Crippen molar-refractivity contribution in [1.29, 1.82) is 0 Å². The number of allylic oxidation sites excluding steroid dienone is 12. The Morgan fingerprint density at radius 2 is 0.947 bits per heavy atom. The Balaban J connectivity index is 2.06. The Labute approximate surface area is 124 Å². The van der Waals surface area contributed by atoms with E-state index in [1.165, 1.54) is 19.3 Å². The van der Waals surface area contributed by atoms with E-state index in [0.717, 1.165) is 0 Å². The van der Waals surface area contributed by atoms with E-state index in [0.29, 0.717) is 0 Å². The molecule has 3 aliphatic rings. The molecule has 0 saturated carbocycles. The minimum absolute atomic E-state index is 1.21. The van der Waals surface area contributed by atoms with Crippen molar-refractivity contribution in [3.05, 3.63) is 63.2 Å². The van der Waals surface area contributed by atoms with E-state index in [-0.39, 0.29) is 0 Å². The fourth-order valence-electron chi connectivity index (χ4n) is 3.56. The summed E-state index contributed by atoms with van der Waals surface area (Å²) in [6, 6.07) is 0. The van der Waals surface area contributed by atoms with Crippen LogP contribution in [0.2, 0.25) is 0 Å². The second-order valence-electron chi connectivity index (χ2n) is 5.88. The molecule has 19 heavy (non-hydrogen) atoms. The molecule has 0 saturated heterocycles. The molecule has 0 radical (unpaired) electrons.